The summed E-state index contributed by atoms with van der Waals surface area (Å²) in [6, 6.07) is 6.49. The van der Waals surface area contributed by atoms with Gasteiger partial charge in [-0.15, -0.1) is 0 Å². The number of benzene rings is 1. The predicted molar refractivity (Wildman–Crippen MR) is 88.5 cm³/mol. The molecule has 0 amide bonds. The number of rotatable bonds is 2. The van der Waals surface area contributed by atoms with Gasteiger partial charge in [0.05, 0.1) is 7.11 Å². The van der Waals surface area contributed by atoms with Crippen molar-refractivity contribution in [3.05, 3.63) is 23.8 Å². The molecule has 2 aliphatic rings. The minimum atomic E-state index is -0.0400. The van der Waals surface area contributed by atoms with Crippen LogP contribution in [0.5, 0.6) is 11.5 Å². The molecular formula is C17H25NO2S. The van der Waals surface area contributed by atoms with E-state index < -0.39 is 0 Å². The van der Waals surface area contributed by atoms with E-state index in [4.69, 9.17) is 9.47 Å². The normalized spacial score (nSPS) is 30.6. The van der Waals surface area contributed by atoms with Crippen molar-refractivity contribution in [2.75, 3.05) is 25.7 Å². The van der Waals surface area contributed by atoms with Crippen LogP contribution in [-0.2, 0) is 0 Å². The smallest absolute Gasteiger partial charge is 0.125 e. The first-order valence-electron chi connectivity index (χ1n) is 7.59. The van der Waals surface area contributed by atoms with Gasteiger partial charge >= 0.3 is 0 Å². The van der Waals surface area contributed by atoms with E-state index in [9.17, 15) is 0 Å². The Balaban J connectivity index is 1.95. The molecule has 3 nitrogen and oxygen atoms in total. The molecule has 2 atom stereocenters. The first-order chi connectivity index (χ1) is 9.97. The van der Waals surface area contributed by atoms with Crippen LogP contribution in [0.15, 0.2) is 18.2 Å². The van der Waals surface area contributed by atoms with E-state index in [2.05, 4.69) is 31.3 Å². The quantitative estimate of drug-likeness (QED) is 0.903. The van der Waals surface area contributed by atoms with Crippen LogP contribution in [0.25, 0.3) is 0 Å². The number of fused-ring (bicyclic) bond motifs is 1. The lowest BCUT2D eigenvalue weighted by Gasteiger charge is -2.48. The SMILES string of the molecule is CNC1CC2(CSCC(C)(C)C2)Oc2ccc(OC)cc21. The molecule has 2 heterocycles. The summed E-state index contributed by atoms with van der Waals surface area (Å²) in [7, 11) is 3.75. The van der Waals surface area contributed by atoms with Crippen molar-refractivity contribution in [3.8, 4) is 11.5 Å². The molecule has 1 saturated heterocycles. The minimum absolute atomic E-state index is 0.0400. The van der Waals surface area contributed by atoms with Crippen LogP contribution in [0.2, 0.25) is 0 Å². The van der Waals surface area contributed by atoms with E-state index in [1.54, 1.807) is 7.11 Å². The van der Waals surface area contributed by atoms with Gasteiger partial charge in [-0.05, 0) is 42.8 Å². The predicted octanol–water partition coefficient (Wildman–Crippen LogP) is 3.64. The Kier molecular flexibility index (Phi) is 3.87. The standard InChI is InChI=1S/C17H25NO2S/c1-16(2)9-17(11-21-10-16)8-14(18-3)13-7-12(19-4)5-6-15(13)20-17/h5-7,14,18H,8-11H2,1-4H3. The molecule has 1 spiro atoms. The third-order valence-electron chi connectivity index (χ3n) is 4.50. The fraction of sp³-hybridized carbons (Fsp3) is 0.647. The monoisotopic (exact) mass is 307 g/mol. The van der Waals surface area contributed by atoms with Crippen LogP contribution in [0.3, 0.4) is 0 Å². The number of thioether (sulfide) groups is 1. The average Bonchev–Trinajstić information content (AvgIpc) is 2.44. The lowest BCUT2D eigenvalue weighted by atomic mass is 9.76. The van der Waals surface area contributed by atoms with Crippen LogP contribution in [0.4, 0.5) is 0 Å². The van der Waals surface area contributed by atoms with Crippen LogP contribution in [0.1, 0.15) is 38.3 Å². The maximum atomic E-state index is 6.51. The summed E-state index contributed by atoms with van der Waals surface area (Å²) < 4.78 is 11.9. The Labute approximate surface area is 131 Å². The largest absolute Gasteiger partial charge is 0.497 e. The lowest BCUT2D eigenvalue weighted by Crippen LogP contribution is -2.51. The van der Waals surface area contributed by atoms with Crippen LogP contribution in [-0.4, -0.2) is 31.3 Å². The molecule has 1 aromatic carbocycles. The fourth-order valence-electron chi connectivity index (χ4n) is 3.72. The summed E-state index contributed by atoms with van der Waals surface area (Å²) >= 11 is 2.02. The second-order valence-corrected chi connectivity index (χ2v) is 8.05. The molecule has 2 aliphatic heterocycles. The summed E-state index contributed by atoms with van der Waals surface area (Å²) in [6.45, 7) is 4.70. The van der Waals surface area contributed by atoms with Gasteiger partial charge in [0.1, 0.15) is 17.1 Å². The minimum Gasteiger partial charge on any atom is -0.497 e. The summed E-state index contributed by atoms with van der Waals surface area (Å²) in [5.41, 5.74) is 1.52. The zero-order valence-electron chi connectivity index (χ0n) is 13.4. The second-order valence-electron chi connectivity index (χ2n) is 7.07. The van der Waals surface area contributed by atoms with Crippen molar-refractivity contribution in [2.24, 2.45) is 5.41 Å². The second kappa shape index (κ2) is 5.40. The number of ether oxygens (including phenoxy) is 2. The summed E-state index contributed by atoms with van der Waals surface area (Å²) in [5, 5.41) is 3.47. The highest BCUT2D eigenvalue weighted by Crippen LogP contribution is 2.49. The molecule has 2 unspecified atom stereocenters. The molecule has 1 aromatic rings. The zero-order valence-corrected chi connectivity index (χ0v) is 14.2. The van der Waals surface area contributed by atoms with E-state index in [0.717, 1.165) is 30.1 Å². The molecular weight excluding hydrogens is 282 g/mol. The number of nitrogens with one attached hydrogen (secondary N) is 1. The van der Waals surface area contributed by atoms with E-state index in [0.29, 0.717) is 11.5 Å². The maximum Gasteiger partial charge on any atom is 0.125 e. The highest BCUT2D eigenvalue weighted by molar-refractivity contribution is 7.99. The van der Waals surface area contributed by atoms with Gasteiger partial charge in [-0.2, -0.15) is 11.8 Å². The molecule has 0 radical (unpaired) electrons. The van der Waals surface area contributed by atoms with Gasteiger partial charge in [0.15, 0.2) is 0 Å². The summed E-state index contributed by atoms with van der Waals surface area (Å²) in [5.74, 6) is 4.21. The maximum absolute atomic E-state index is 6.51. The Morgan fingerprint density at radius 3 is 2.81 bits per heavy atom. The highest BCUT2D eigenvalue weighted by atomic mass is 32.2. The molecule has 116 valence electrons. The average molecular weight is 307 g/mol. The first-order valence-corrected chi connectivity index (χ1v) is 8.74. The third-order valence-corrected chi connectivity index (χ3v) is 6.22. The third kappa shape index (κ3) is 2.88. The van der Waals surface area contributed by atoms with Crippen molar-refractivity contribution >= 4 is 11.8 Å². The van der Waals surface area contributed by atoms with Crippen molar-refractivity contribution < 1.29 is 9.47 Å². The van der Waals surface area contributed by atoms with Crippen LogP contribution < -0.4 is 14.8 Å². The topological polar surface area (TPSA) is 30.5 Å². The van der Waals surface area contributed by atoms with Crippen molar-refractivity contribution in [2.45, 2.75) is 38.3 Å². The Hall–Kier alpha value is -0.870. The molecule has 0 aromatic heterocycles. The van der Waals surface area contributed by atoms with Gasteiger partial charge in [-0.1, -0.05) is 13.8 Å². The van der Waals surface area contributed by atoms with E-state index >= 15 is 0 Å². The van der Waals surface area contributed by atoms with E-state index in [1.807, 2.05) is 24.9 Å². The fourth-order valence-corrected chi connectivity index (χ4v) is 5.12. The highest BCUT2D eigenvalue weighted by Gasteiger charge is 2.46. The number of hydrogen-bond donors (Lipinski definition) is 1. The van der Waals surface area contributed by atoms with Gasteiger partial charge in [0.2, 0.25) is 0 Å². The molecule has 0 bridgehead atoms. The Bertz CT molecular complexity index is 532. The zero-order chi connectivity index (χ0) is 15.1. The van der Waals surface area contributed by atoms with Crippen molar-refractivity contribution in [1.29, 1.82) is 0 Å². The molecule has 21 heavy (non-hydrogen) atoms. The van der Waals surface area contributed by atoms with Crippen molar-refractivity contribution in [1.82, 2.24) is 5.32 Å². The van der Waals surface area contributed by atoms with Gasteiger partial charge in [0, 0.05) is 23.8 Å². The molecule has 1 fully saturated rings. The van der Waals surface area contributed by atoms with E-state index in [-0.39, 0.29) is 5.60 Å². The van der Waals surface area contributed by atoms with E-state index in [1.165, 1.54) is 11.3 Å². The van der Waals surface area contributed by atoms with Gasteiger partial charge in [-0.3, -0.25) is 0 Å². The lowest BCUT2D eigenvalue weighted by molar-refractivity contribution is 0.0128. The summed E-state index contributed by atoms with van der Waals surface area (Å²) in [6.07, 6.45) is 2.15. The van der Waals surface area contributed by atoms with Crippen molar-refractivity contribution in [3.63, 3.8) is 0 Å². The van der Waals surface area contributed by atoms with Gasteiger partial charge < -0.3 is 14.8 Å². The van der Waals surface area contributed by atoms with Crippen LogP contribution in [0, 0.1) is 5.41 Å². The molecule has 0 saturated carbocycles. The Morgan fingerprint density at radius 2 is 2.14 bits per heavy atom. The Morgan fingerprint density at radius 1 is 1.33 bits per heavy atom. The van der Waals surface area contributed by atoms with Crippen LogP contribution >= 0.6 is 11.8 Å². The first kappa shape index (κ1) is 15.0. The molecule has 4 heteroatoms. The molecule has 0 aliphatic carbocycles. The number of methoxy groups -OCH3 is 1. The summed E-state index contributed by atoms with van der Waals surface area (Å²) in [4.78, 5) is 0. The molecule has 3 rings (SSSR count). The molecule has 1 N–H and O–H groups in total. The van der Waals surface area contributed by atoms with Gasteiger partial charge in [0.25, 0.3) is 0 Å². The number of hydrogen-bond acceptors (Lipinski definition) is 4. The van der Waals surface area contributed by atoms with Gasteiger partial charge in [-0.25, -0.2) is 0 Å².